The third-order valence-electron chi connectivity index (χ3n) is 7.20. The Hall–Kier alpha value is -3.35. The Labute approximate surface area is 225 Å². The van der Waals surface area contributed by atoms with Crippen molar-refractivity contribution >= 4 is 28.8 Å². The van der Waals surface area contributed by atoms with Crippen molar-refractivity contribution < 1.29 is 19.0 Å². The third-order valence-corrected chi connectivity index (χ3v) is 7.20. The Morgan fingerprint density at radius 3 is 2.71 bits per heavy atom. The molecule has 3 aromatic rings. The van der Waals surface area contributed by atoms with Gasteiger partial charge in [0.1, 0.15) is 25.1 Å². The molecule has 5 rings (SSSR count). The first-order valence-corrected chi connectivity index (χ1v) is 13.5. The number of fused-ring (bicyclic) bond motifs is 3. The molecule has 1 aliphatic carbocycles. The van der Waals surface area contributed by atoms with E-state index in [0.29, 0.717) is 19.8 Å². The molecule has 6 nitrogen and oxygen atoms in total. The van der Waals surface area contributed by atoms with Crippen molar-refractivity contribution in [3.8, 4) is 5.75 Å². The van der Waals surface area contributed by atoms with Crippen LogP contribution in [0, 0.1) is 6.92 Å². The Morgan fingerprint density at radius 1 is 1.16 bits per heavy atom. The maximum Gasteiger partial charge on any atom is 0.163 e. The fourth-order valence-corrected chi connectivity index (χ4v) is 5.28. The molecule has 2 aliphatic rings. The number of ether oxygens (including phenoxy) is 3. The number of hydrogen-bond acceptors (Lipinski definition) is 5. The number of aromatic nitrogens is 1. The molecule has 0 N–H and O–H groups in total. The van der Waals surface area contributed by atoms with Gasteiger partial charge in [-0.1, -0.05) is 29.4 Å². The zero-order valence-electron chi connectivity index (χ0n) is 23.3. The van der Waals surface area contributed by atoms with E-state index in [1.165, 1.54) is 38.9 Å². The lowest BCUT2D eigenvalue weighted by Gasteiger charge is -2.17. The first-order valence-electron chi connectivity index (χ1n) is 13.5. The lowest BCUT2D eigenvalue weighted by atomic mass is 9.93. The summed E-state index contributed by atoms with van der Waals surface area (Å²) < 4.78 is 19.9. The van der Waals surface area contributed by atoms with Crippen molar-refractivity contribution in [2.75, 3.05) is 19.8 Å². The monoisotopic (exact) mass is 514 g/mol. The SMILES string of the molecule is CCON=C(C)c1ccc2c(c1)c1c(n2CC)C=CC(=Cc2ccc(OCC3COC(C)(C)O3)cc2C)C1. The van der Waals surface area contributed by atoms with E-state index in [4.69, 9.17) is 19.0 Å². The van der Waals surface area contributed by atoms with Gasteiger partial charge in [0, 0.05) is 29.6 Å². The second-order valence-corrected chi connectivity index (χ2v) is 10.4. The zero-order chi connectivity index (χ0) is 26.9. The standard InChI is InChI=1S/C32H38N2O4/c1-7-34-30-13-9-23(17-28(30)29-18-25(11-14-31(29)34)22(4)33-37-8-2)16-24-10-12-26(15-21(24)3)35-19-27-20-36-32(5,6)38-27/h9-16,18,27H,7-8,17,19-20H2,1-6H3. The molecule has 0 amide bonds. The minimum absolute atomic E-state index is 0.0475. The average molecular weight is 515 g/mol. The summed E-state index contributed by atoms with van der Waals surface area (Å²) in [4.78, 5) is 5.29. The molecule has 38 heavy (non-hydrogen) atoms. The number of allylic oxidation sites excluding steroid dienone is 2. The maximum atomic E-state index is 6.01. The van der Waals surface area contributed by atoms with Crippen LogP contribution in [0.2, 0.25) is 0 Å². The van der Waals surface area contributed by atoms with Crippen molar-refractivity contribution in [1.29, 1.82) is 0 Å². The van der Waals surface area contributed by atoms with Gasteiger partial charge in [0.15, 0.2) is 5.79 Å². The Bertz CT molecular complexity index is 1430. The highest BCUT2D eigenvalue weighted by atomic mass is 16.7. The number of hydrogen-bond donors (Lipinski definition) is 0. The molecule has 2 heterocycles. The van der Waals surface area contributed by atoms with E-state index in [1.807, 2.05) is 33.8 Å². The molecular weight excluding hydrogens is 476 g/mol. The summed E-state index contributed by atoms with van der Waals surface area (Å²) in [5, 5.41) is 5.53. The fourth-order valence-electron chi connectivity index (χ4n) is 5.28. The number of aryl methyl sites for hydroxylation is 2. The van der Waals surface area contributed by atoms with Crippen LogP contribution < -0.4 is 4.74 Å². The number of rotatable bonds is 8. The Balaban J connectivity index is 1.37. The molecule has 1 fully saturated rings. The van der Waals surface area contributed by atoms with Crippen LogP contribution in [0.25, 0.3) is 23.1 Å². The highest BCUT2D eigenvalue weighted by Crippen LogP contribution is 2.35. The van der Waals surface area contributed by atoms with E-state index in [-0.39, 0.29) is 6.10 Å². The summed E-state index contributed by atoms with van der Waals surface area (Å²) in [6, 6.07) is 12.9. The number of benzene rings is 2. The van der Waals surface area contributed by atoms with Gasteiger partial charge in [-0.05, 0) is 99.7 Å². The van der Waals surface area contributed by atoms with Crippen molar-refractivity contribution in [3.63, 3.8) is 0 Å². The third kappa shape index (κ3) is 5.42. The first kappa shape index (κ1) is 26.3. The second-order valence-electron chi connectivity index (χ2n) is 10.4. The van der Waals surface area contributed by atoms with Crippen molar-refractivity contribution in [3.05, 3.63) is 76.0 Å². The van der Waals surface area contributed by atoms with Crippen molar-refractivity contribution in [1.82, 2.24) is 4.57 Å². The molecule has 1 aromatic heterocycles. The van der Waals surface area contributed by atoms with Crippen LogP contribution in [0.3, 0.4) is 0 Å². The molecule has 0 bridgehead atoms. The smallest absolute Gasteiger partial charge is 0.163 e. The fraction of sp³-hybridized carbons (Fsp3) is 0.406. The minimum Gasteiger partial charge on any atom is -0.491 e. The van der Waals surface area contributed by atoms with E-state index >= 15 is 0 Å². The van der Waals surface area contributed by atoms with Crippen LogP contribution in [0.15, 0.2) is 53.2 Å². The van der Waals surface area contributed by atoms with Crippen LogP contribution in [-0.4, -0.2) is 42.0 Å². The Kier molecular flexibility index (Phi) is 7.46. The van der Waals surface area contributed by atoms with E-state index in [1.54, 1.807) is 0 Å². The molecule has 0 radical (unpaired) electrons. The normalized spacial score (nSPS) is 19.8. The van der Waals surface area contributed by atoms with Crippen LogP contribution in [-0.2, 0) is 27.3 Å². The summed E-state index contributed by atoms with van der Waals surface area (Å²) in [7, 11) is 0. The predicted octanol–water partition coefficient (Wildman–Crippen LogP) is 6.91. The van der Waals surface area contributed by atoms with E-state index in [2.05, 4.69) is 72.1 Å². The first-order chi connectivity index (χ1) is 18.3. The number of oxime groups is 1. The van der Waals surface area contributed by atoms with Gasteiger partial charge in [0.2, 0.25) is 0 Å². The molecule has 0 saturated carbocycles. The second kappa shape index (κ2) is 10.8. The molecule has 200 valence electrons. The van der Waals surface area contributed by atoms with E-state index in [0.717, 1.165) is 30.0 Å². The van der Waals surface area contributed by atoms with Gasteiger partial charge in [-0.25, -0.2) is 0 Å². The zero-order valence-corrected chi connectivity index (χ0v) is 23.3. The molecule has 1 aliphatic heterocycles. The minimum atomic E-state index is -0.533. The lowest BCUT2D eigenvalue weighted by molar-refractivity contribution is -0.141. The largest absolute Gasteiger partial charge is 0.491 e. The molecule has 0 spiro atoms. The molecule has 1 atom stereocenters. The van der Waals surface area contributed by atoms with Crippen LogP contribution >= 0.6 is 0 Å². The van der Waals surface area contributed by atoms with Crippen LogP contribution in [0.4, 0.5) is 0 Å². The molecule has 1 saturated heterocycles. The van der Waals surface area contributed by atoms with Gasteiger partial charge in [-0.2, -0.15) is 0 Å². The van der Waals surface area contributed by atoms with E-state index < -0.39 is 5.79 Å². The maximum absolute atomic E-state index is 6.01. The molecule has 6 heteroatoms. The summed E-state index contributed by atoms with van der Waals surface area (Å²) in [6.45, 7) is 14.7. The van der Waals surface area contributed by atoms with Crippen molar-refractivity contribution in [2.24, 2.45) is 5.16 Å². The molecule has 2 aromatic carbocycles. The summed E-state index contributed by atoms with van der Waals surface area (Å²) in [6.07, 6.45) is 7.63. The van der Waals surface area contributed by atoms with Gasteiger partial charge >= 0.3 is 0 Å². The number of nitrogens with zero attached hydrogens (tertiary/aromatic N) is 2. The topological polar surface area (TPSA) is 54.2 Å². The summed E-state index contributed by atoms with van der Waals surface area (Å²) in [5.41, 5.74) is 9.55. The highest BCUT2D eigenvalue weighted by Gasteiger charge is 2.33. The summed E-state index contributed by atoms with van der Waals surface area (Å²) in [5.74, 6) is 0.316. The van der Waals surface area contributed by atoms with E-state index in [9.17, 15) is 0 Å². The van der Waals surface area contributed by atoms with Gasteiger partial charge in [0.25, 0.3) is 0 Å². The lowest BCUT2D eigenvalue weighted by Crippen LogP contribution is -2.25. The molecule has 1 unspecified atom stereocenters. The highest BCUT2D eigenvalue weighted by molar-refractivity contribution is 6.03. The average Bonchev–Trinajstić information content (AvgIpc) is 3.42. The summed E-state index contributed by atoms with van der Waals surface area (Å²) >= 11 is 0. The predicted molar refractivity (Wildman–Crippen MR) is 154 cm³/mol. The van der Waals surface area contributed by atoms with Crippen LogP contribution in [0.5, 0.6) is 5.75 Å². The van der Waals surface area contributed by atoms with Gasteiger partial charge in [-0.15, -0.1) is 0 Å². The Morgan fingerprint density at radius 2 is 2.00 bits per heavy atom. The quantitative estimate of drug-likeness (QED) is 0.242. The van der Waals surface area contributed by atoms with Gasteiger partial charge in [-0.3, -0.25) is 0 Å². The van der Waals surface area contributed by atoms with Gasteiger partial charge < -0.3 is 23.6 Å². The van der Waals surface area contributed by atoms with Crippen LogP contribution in [0.1, 0.15) is 62.6 Å². The molecular formula is C32H38N2O4. The van der Waals surface area contributed by atoms with Crippen molar-refractivity contribution in [2.45, 2.75) is 66.4 Å². The van der Waals surface area contributed by atoms with Gasteiger partial charge in [0.05, 0.1) is 12.3 Å².